The molecule has 116 valence electrons. The molecule has 1 saturated carbocycles. The lowest BCUT2D eigenvalue weighted by Gasteiger charge is -2.35. The summed E-state index contributed by atoms with van der Waals surface area (Å²) in [6.45, 7) is 6.48. The van der Waals surface area contributed by atoms with Gasteiger partial charge in [0.25, 0.3) is 5.91 Å². The van der Waals surface area contributed by atoms with Gasteiger partial charge in [-0.15, -0.1) is 0 Å². The van der Waals surface area contributed by atoms with E-state index >= 15 is 0 Å². The van der Waals surface area contributed by atoms with Crippen LogP contribution < -0.4 is 0 Å². The van der Waals surface area contributed by atoms with E-state index in [1.165, 1.54) is 5.56 Å². The minimum atomic E-state index is -0.387. The van der Waals surface area contributed by atoms with E-state index in [1.54, 1.807) is 11.9 Å². The van der Waals surface area contributed by atoms with Crippen LogP contribution in [0.4, 0.5) is 0 Å². The predicted molar refractivity (Wildman–Crippen MR) is 85.5 cm³/mol. The third-order valence-electron chi connectivity index (χ3n) is 4.51. The van der Waals surface area contributed by atoms with Crippen molar-refractivity contribution in [1.29, 1.82) is 0 Å². The lowest BCUT2D eigenvalue weighted by Crippen LogP contribution is -2.46. The van der Waals surface area contributed by atoms with E-state index in [0.717, 1.165) is 25.7 Å². The highest BCUT2D eigenvalue weighted by molar-refractivity contribution is 5.94. The summed E-state index contributed by atoms with van der Waals surface area (Å²) >= 11 is 0. The molecule has 2 rings (SSSR count). The highest BCUT2D eigenvalue weighted by Crippen LogP contribution is 2.25. The van der Waals surface area contributed by atoms with Crippen LogP contribution in [0.5, 0.6) is 0 Å². The van der Waals surface area contributed by atoms with Crippen LogP contribution in [0.3, 0.4) is 0 Å². The van der Waals surface area contributed by atoms with Crippen molar-refractivity contribution in [3.8, 4) is 0 Å². The van der Waals surface area contributed by atoms with Gasteiger partial charge >= 0.3 is 0 Å². The fourth-order valence-corrected chi connectivity index (χ4v) is 3.01. The molecule has 1 N–H and O–H groups in total. The molecule has 0 heterocycles. The summed E-state index contributed by atoms with van der Waals surface area (Å²) in [5.74, 6) is 0.00130. The number of rotatable bonds is 2. The third-order valence-corrected chi connectivity index (χ3v) is 4.51. The fourth-order valence-electron chi connectivity index (χ4n) is 3.01. The molecule has 1 aromatic rings. The summed E-state index contributed by atoms with van der Waals surface area (Å²) in [4.78, 5) is 14.3. The number of hydrogen-bond acceptors (Lipinski definition) is 2. The second-order valence-corrected chi connectivity index (χ2v) is 7.16. The molecule has 1 aliphatic carbocycles. The molecule has 0 aliphatic heterocycles. The first kappa shape index (κ1) is 16.0. The van der Waals surface area contributed by atoms with Crippen LogP contribution in [0.2, 0.25) is 0 Å². The van der Waals surface area contributed by atoms with Crippen molar-refractivity contribution in [2.45, 2.75) is 64.0 Å². The molecule has 1 aromatic carbocycles. The minimum absolute atomic E-state index is 0.00130. The summed E-state index contributed by atoms with van der Waals surface area (Å²) in [5, 5.41) is 10.1. The van der Waals surface area contributed by atoms with Crippen LogP contribution in [0.25, 0.3) is 0 Å². The molecule has 0 spiro atoms. The van der Waals surface area contributed by atoms with E-state index in [2.05, 4.69) is 20.8 Å². The van der Waals surface area contributed by atoms with Gasteiger partial charge in [0.05, 0.1) is 12.1 Å². The Bertz CT molecular complexity index is 487. The van der Waals surface area contributed by atoms with E-state index in [4.69, 9.17) is 0 Å². The molecular formula is C18H27NO2. The zero-order chi connectivity index (χ0) is 15.6. The number of hydrogen-bond donors (Lipinski definition) is 1. The Morgan fingerprint density at radius 2 is 1.71 bits per heavy atom. The fraction of sp³-hybridized carbons (Fsp3) is 0.611. The number of aliphatic hydroxyl groups is 1. The highest BCUT2D eigenvalue weighted by atomic mass is 16.3. The second-order valence-electron chi connectivity index (χ2n) is 7.16. The normalized spacial score (nSPS) is 22.9. The van der Waals surface area contributed by atoms with E-state index in [-0.39, 0.29) is 23.5 Å². The number of nitrogens with zero attached hydrogens (tertiary/aromatic N) is 1. The molecule has 2 atom stereocenters. The summed E-state index contributed by atoms with van der Waals surface area (Å²) in [6, 6.07) is 7.80. The van der Waals surface area contributed by atoms with Gasteiger partial charge in [-0.1, -0.05) is 45.7 Å². The molecule has 0 unspecified atom stereocenters. The molecule has 0 aromatic heterocycles. The summed E-state index contributed by atoms with van der Waals surface area (Å²) in [7, 11) is 1.80. The van der Waals surface area contributed by atoms with Crippen molar-refractivity contribution in [1.82, 2.24) is 4.90 Å². The van der Waals surface area contributed by atoms with Gasteiger partial charge < -0.3 is 10.0 Å². The predicted octanol–water partition coefficient (Wildman–Crippen LogP) is 3.36. The minimum Gasteiger partial charge on any atom is -0.391 e. The van der Waals surface area contributed by atoms with Gasteiger partial charge in [-0.25, -0.2) is 0 Å². The molecule has 21 heavy (non-hydrogen) atoms. The van der Waals surface area contributed by atoms with Crippen molar-refractivity contribution in [3.05, 3.63) is 35.4 Å². The van der Waals surface area contributed by atoms with Gasteiger partial charge in [0, 0.05) is 12.6 Å². The van der Waals surface area contributed by atoms with Crippen molar-refractivity contribution >= 4 is 5.91 Å². The first-order valence-corrected chi connectivity index (χ1v) is 7.86. The number of carbonyl (C=O) groups is 1. The third kappa shape index (κ3) is 3.65. The van der Waals surface area contributed by atoms with Gasteiger partial charge in [0.1, 0.15) is 0 Å². The molecule has 3 heteroatoms. The van der Waals surface area contributed by atoms with E-state index in [9.17, 15) is 9.90 Å². The standard InChI is InChI=1S/C18H27NO2/c1-18(2,3)14-11-9-13(10-12-14)17(21)19(4)15-7-5-6-8-16(15)20/h9-12,15-16,20H,5-8H2,1-4H3/t15-,16-/m1/s1. The topological polar surface area (TPSA) is 40.5 Å². The smallest absolute Gasteiger partial charge is 0.253 e. The quantitative estimate of drug-likeness (QED) is 0.907. The molecule has 1 aliphatic rings. The zero-order valence-electron chi connectivity index (χ0n) is 13.6. The molecule has 1 fully saturated rings. The maximum Gasteiger partial charge on any atom is 0.253 e. The average molecular weight is 289 g/mol. The first-order valence-electron chi connectivity index (χ1n) is 7.86. The Labute approximate surface area is 128 Å². The summed E-state index contributed by atoms with van der Waals surface area (Å²) in [6.07, 6.45) is 3.44. The van der Waals surface area contributed by atoms with Crippen molar-refractivity contribution in [3.63, 3.8) is 0 Å². The Hall–Kier alpha value is -1.35. The molecule has 0 saturated heterocycles. The summed E-state index contributed by atoms with van der Waals surface area (Å²) in [5.41, 5.74) is 2.01. The zero-order valence-corrected chi connectivity index (χ0v) is 13.6. The molecule has 0 bridgehead atoms. The first-order chi connectivity index (χ1) is 9.80. The van der Waals surface area contributed by atoms with Crippen molar-refractivity contribution in [2.24, 2.45) is 0 Å². The van der Waals surface area contributed by atoms with E-state index in [0.29, 0.717) is 5.56 Å². The largest absolute Gasteiger partial charge is 0.391 e. The van der Waals surface area contributed by atoms with Gasteiger partial charge in [0.15, 0.2) is 0 Å². The lowest BCUT2D eigenvalue weighted by molar-refractivity contribution is 0.0268. The molecule has 1 amide bonds. The maximum atomic E-state index is 12.6. The Balaban J connectivity index is 2.12. The maximum absolute atomic E-state index is 12.6. The molecule has 3 nitrogen and oxygen atoms in total. The van der Waals surface area contributed by atoms with Gasteiger partial charge in [-0.3, -0.25) is 4.79 Å². The Morgan fingerprint density at radius 1 is 1.14 bits per heavy atom. The number of carbonyl (C=O) groups excluding carboxylic acids is 1. The van der Waals surface area contributed by atoms with Crippen molar-refractivity contribution < 1.29 is 9.90 Å². The van der Waals surface area contributed by atoms with Crippen LogP contribution in [0.15, 0.2) is 24.3 Å². The van der Waals surface area contributed by atoms with E-state index in [1.807, 2.05) is 24.3 Å². The SMILES string of the molecule is CN(C(=O)c1ccc(C(C)(C)C)cc1)[C@@H]1CCCC[C@H]1O. The number of amides is 1. The molecular weight excluding hydrogens is 262 g/mol. The number of likely N-dealkylation sites (N-methyl/N-ethyl adjacent to an activating group) is 1. The summed E-state index contributed by atoms with van der Waals surface area (Å²) < 4.78 is 0. The number of aliphatic hydroxyl groups excluding tert-OH is 1. The van der Waals surface area contributed by atoms with Crippen LogP contribution in [0, 0.1) is 0 Å². The monoisotopic (exact) mass is 289 g/mol. The van der Waals surface area contributed by atoms with Crippen LogP contribution in [-0.2, 0) is 5.41 Å². The average Bonchev–Trinajstić information content (AvgIpc) is 2.45. The van der Waals surface area contributed by atoms with Gasteiger partial charge in [-0.2, -0.15) is 0 Å². The molecule has 0 radical (unpaired) electrons. The second kappa shape index (κ2) is 6.18. The Kier molecular flexibility index (Phi) is 4.72. The Morgan fingerprint density at radius 3 is 2.24 bits per heavy atom. The van der Waals surface area contributed by atoms with E-state index < -0.39 is 0 Å². The van der Waals surface area contributed by atoms with Crippen LogP contribution >= 0.6 is 0 Å². The number of benzene rings is 1. The highest BCUT2D eigenvalue weighted by Gasteiger charge is 2.29. The lowest BCUT2D eigenvalue weighted by atomic mass is 9.86. The van der Waals surface area contributed by atoms with Crippen LogP contribution in [-0.4, -0.2) is 35.1 Å². The van der Waals surface area contributed by atoms with Gasteiger partial charge in [-0.05, 0) is 36.0 Å². The van der Waals surface area contributed by atoms with Crippen LogP contribution in [0.1, 0.15) is 62.4 Å². The van der Waals surface area contributed by atoms with Crippen molar-refractivity contribution in [2.75, 3.05) is 7.05 Å². The van der Waals surface area contributed by atoms with Gasteiger partial charge in [0.2, 0.25) is 0 Å².